The lowest BCUT2D eigenvalue weighted by molar-refractivity contribution is -0.135. The van der Waals surface area contributed by atoms with E-state index in [4.69, 9.17) is 11.6 Å². The summed E-state index contributed by atoms with van der Waals surface area (Å²) < 4.78 is 0. The Labute approximate surface area is 125 Å². The lowest BCUT2D eigenvalue weighted by Crippen LogP contribution is -2.57. The molecule has 3 nitrogen and oxygen atoms in total. The number of nitrogens with zero attached hydrogens (tertiary/aromatic N) is 1. The van der Waals surface area contributed by atoms with Crippen LogP contribution in [0.15, 0.2) is 24.3 Å². The number of hydrogen-bond donors (Lipinski definition) is 1. The average Bonchev–Trinajstić information content (AvgIpc) is 3.19. The van der Waals surface area contributed by atoms with Gasteiger partial charge >= 0.3 is 0 Å². The molecular weight excluding hydrogens is 272 g/mol. The van der Waals surface area contributed by atoms with Crippen LogP contribution in [-0.2, 0) is 10.2 Å². The topological polar surface area (TPSA) is 32.3 Å². The van der Waals surface area contributed by atoms with Crippen molar-refractivity contribution in [2.75, 3.05) is 13.1 Å². The SMILES string of the molecule is C[C@@H]1CN(C(=O)C2(c3ccc(Cl)cc3)CC2)C[C@H](C)N1. The number of benzene rings is 1. The predicted octanol–water partition coefficient (Wildman–Crippen LogP) is 2.58. The second-order valence-corrected chi connectivity index (χ2v) is 6.70. The van der Waals surface area contributed by atoms with E-state index in [-0.39, 0.29) is 5.41 Å². The number of nitrogens with one attached hydrogen (secondary N) is 1. The summed E-state index contributed by atoms with van der Waals surface area (Å²) >= 11 is 5.95. The molecule has 3 rings (SSSR count). The number of rotatable bonds is 2. The van der Waals surface area contributed by atoms with Gasteiger partial charge in [-0.05, 0) is 44.4 Å². The van der Waals surface area contributed by atoms with Gasteiger partial charge in [-0.15, -0.1) is 0 Å². The van der Waals surface area contributed by atoms with Crippen LogP contribution in [0.3, 0.4) is 0 Å². The van der Waals surface area contributed by atoms with Crippen molar-refractivity contribution in [1.29, 1.82) is 0 Å². The molecule has 1 aromatic rings. The maximum absolute atomic E-state index is 12.9. The van der Waals surface area contributed by atoms with Crippen LogP contribution in [0.2, 0.25) is 5.02 Å². The molecule has 0 unspecified atom stereocenters. The molecular formula is C16H21ClN2O. The number of carbonyl (C=O) groups is 1. The Hall–Kier alpha value is -1.06. The van der Waals surface area contributed by atoms with Crippen LogP contribution in [0.5, 0.6) is 0 Å². The molecule has 0 bridgehead atoms. The lowest BCUT2D eigenvalue weighted by Gasteiger charge is -2.38. The van der Waals surface area contributed by atoms with Crippen LogP contribution in [0.4, 0.5) is 0 Å². The van der Waals surface area contributed by atoms with E-state index in [0.717, 1.165) is 36.5 Å². The van der Waals surface area contributed by atoms with Crippen LogP contribution in [0, 0.1) is 0 Å². The van der Waals surface area contributed by atoms with Crippen LogP contribution in [0.1, 0.15) is 32.3 Å². The molecule has 1 N–H and O–H groups in total. The van der Waals surface area contributed by atoms with Crippen LogP contribution in [-0.4, -0.2) is 36.0 Å². The van der Waals surface area contributed by atoms with Crippen molar-refractivity contribution >= 4 is 17.5 Å². The van der Waals surface area contributed by atoms with E-state index in [1.165, 1.54) is 0 Å². The summed E-state index contributed by atoms with van der Waals surface area (Å²) in [5.41, 5.74) is 0.840. The first kappa shape index (κ1) is 13.9. The summed E-state index contributed by atoms with van der Waals surface area (Å²) in [4.78, 5) is 15.0. The highest BCUT2D eigenvalue weighted by molar-refractivity contribution is 6.30. The zero-order valence-electron chi connectivity index (χ0n) is 12.0. The summed E-state index contributed by atoms with van der Waals surface area (Å²) in [6, 6.07) is 8.50. The molecule has 1 saturated heterocycles. The number of halogens is 1. The van der Waals surface area contributed by atoms with Crippen molar-refractivity contribution in [2.24, 2.45) is 0 Å². The summed E-state index contributed by atoms with van der Waals surface area (Å²) in [5.74, 6) is 0.292. The fourth-order valence-electron chi connectivity index (χ4n) is 3.32. The third-order valence-electron chi connectivity index (χ3n) is 4.40. The summed E-state index contributed by atoms with van der Waals surface area (Å²) in [7, 11) is 0. The molecule has 0 spiro atoms. The van der Waals surface area contributed by atoms with E-state index in [0.29, 0.717) is 18.0 Å². The van der Waals surface area contributed by atoms with Crippen molar-refractivity contribution in [1.82, 2.24) is 10.2 Å². The standard InChI is InChI=1S/C16H21ClN2O/c1-11-9-19(10-12(2)18-11)15(20)16(7-8-16)13-3-5-14(17)6-4-13/h3-6,11-12,18H,7-10H2,1-2H3/t11-,12+. The van der Waals surface area contributed by atoms with Crippen molar-refractivity contribution in [2.45, 2.75) is 44.2 Å². The minimum atomic E-state index is -0.276. The number of hydrogen-bond acceptors (Lipinski definition) is 2. The normalized spacial score (nSPS) is 28.2. The Morgan fingerprint density at radius 2 is 1.75 bits per heavy atom. The predicted molar refractivity (Wildman–Crippen MR) is 81.0 cm³/mol. The second kappa shape index (κ2) is 5.05. The quantitative estimate of drug-likeness (QED) is 0.909. The molecule has 2 aliphatic rings. The average molecular weight is 293 g/mol. The fraction of sp³-hybridized carbons (Fsp3) is 0.562. The van der Waals surface area contributed by atoms with Gasteiger partial charge < -0.3 is 10.2 Å². The number of piperazine rings is 1. The molecule has 1 amide bonds. The van der Waals surface area contributed by atoms with E-state index in [2.05, 4.69) is 19.2 Å². The Bertz CT molecular complexity index is 500. The Balaban J connectivity index is 1.81. The van der Waals surface area contributed by atoms with E-state index in [1.807, 2.05) is 29.2 Å². The molecule has 1 saturated carbocycles. The van der Waals surface area contributed by atoms with Crippen molar-refractivity contribution in [3.8, 4) is 0 Å². The highest BCUT2D eigenvalue weighted by Crippen LogP contribution is 2.50. The first-order valence-electron chi connectivity index (χ1n) is 7.33. The monoisotopic (exact) mass is 292 g/mol. The summed E-state index contributed by atoms with van der Waals surface area (Å²) in [5, 5.41) is 4.20. The smallest absolute Gasteiger partial charge is 0.233 e. The zero-order valence-corrected chi connectivity index (χ0v) is 12.8. The van der Waals surface area contributed by atoms with Gasteiger partial charge in [-0.25, -0.2) is 0 Å². The highest BCUT2D eigenvalue weighted by atomic mass is 35.5. The minimum absolute atomic E-state index is 0.276. The number of carbonyl (C=O) groups excluding carboxylic acids is 1. The Kier molecular flexibility index (Phi) is 3.51. The van der Waals surface area contributed by atoms with Crippen LogP contribution in [0.25, 0.3) is 0 Å². The molecule has 108 valence electrons. The van der Waals surface area contributed by atoms with Gasteiger partial charge in [0.25, 0.3) is 0 Å². The van der Waals surface area contributed by atoms with Gasteiger partial charge in [0.05, 0.1) is 5.41 Å². The van der Waals surface area contributed by atoms with Crippen LogP contribution >= 0.6 is 11.6 Å². The Morgan fingerprint density at radius 3 is 2.25 bits per heavy atom. The minimum Gasteiger partial charge on any atom is -0.339 e. The van der Waals surface area contributed by atoms with Gasteiger partial charge in [0, 0.05) is 30.2 Å². The molecule has 1 aromatic carbocycles. The first-order chi connectivity index (χ1) is 9.51. The van der Waals surface area contributed by atoms with Gasteiger partial charge in [0.15, 0.2) is 0 Å². The van der Waals surface area contributed by atoms with E-state index >= 15 is 0 Å². The molecule has 4 heteroatoms. The fourth-order valence-corrected chi connectivity index (χ4v) is 3.44. The highest BCUT2D eigenvalue weighted by Gasteiger charge is 2.53. The van der Waals surface area contributed by atoms with Gasteiger partial charge in [-0.2, -0.15) is 0 Å². The van der Waals surface area contributed by atoms with Gasteiger partial charge in [0.2, 0.25) is 5.91 Å². The third kappa shape index (κ3) is 2.45. The van der Waals surface area contributed by atoms with Crippen molar-refractivity contribution < 1.29 is 4.79 Å². The number of amides is 1. The van der Waals surface area contributed by atoms with Crippen molar-refractivity contribution in [3.63, 3.8) is 0 Å². The molecule has 0 radical (unpaired) electrons. The first-order valence-corrected chi connectivity index (χ1v) is 7.70. The Morgan fingerprint density at radius 1 is 1.20 bits per heavy atom. The van der Waals surface area contributed by atoms with Crippen molar-refractivity contribution in [3.05, 3.63) is 34.9 Å². The van der Waals surface area contributed by atoms with Gasteiger partial charge in [-0.1, -0.05) is 23.7 Å². The van der Waals surface area contributed by atoms with Gasteiger partial charge in [0.1, 0.15) is 0 Å². The van der Waals surface area contributed by atoms with E-state index in [9.17, 15) is 4.79 Å². The largest absolute Gasteiger partial charge is 0.339 e. The van der Waals surface area contributed by atoms with E-state index in [1.54, 1.807) is 0 Å². The molecule has 1 aliphatic carbocycles. The molecule has 0 aromatic heterocycles. The summed E-state index contributed by atoms with van der Waals surface area (Å²) in [6.07, 6.45) is 1.92. The van der Waals surface area contributed by atoms with Gasteiger partial charge in [-0.3, -0.25) is 4.79 Å². The second-order valence-electron chi connectivity index (χ2n) is 6.27. The lowest BCUT2D eigenvalue weighted by atomic mass is 9.93. The molecule has 20 heavy (non-hydrogen) atoms. The third-order valence-corrected chi connectivity index (χ3v) is 4.65. The zero-order chi connectivity index (χ0) is 14.3. The molecule has 1 heterocycles. The van der Waals surface area contributed by atoms with Crippen LogP contribution < -0.4 is 5.32 Å². The van der Waals surface area contributed by atoms with E-state index < -0.39 is 0 Å². The maximum atomic E-state index is 12.9. The molecule has 2 atom stereocenters. The maximum Gasteiger partial charge on any atom is 0.233 e. The summed E-state index contributed by atoms with van der Waals surface area (Å²) in [6.45, 7) is 5.88. The molecule has 2 fully saturated rings. The molecule has 1 aliphatic heterocycles.